The van der Waals surface area contributed by atoms with Crippen LogP contribution in [0.2, 0.25) is 5.02 Å². The second-order valence-corrected chi connectivity index (χ2v) is 4.52. The molecule has 1 N–H and O–H groups in total. The van der Waals surface area contributed by atoms with E-state index in [1.807, 2.05) is 12.1 Å². The zero-order valence-electron chi connectivity index (χ0n) is 8.52. The minimum Gasteiger partial charge on any atom is -0.381 e. The summed E-state index contributed by atoms with van der Waals surface area (Å²) in [7, 11) is 0. The van der Waals surface area contributed by atoms with E-state index in [0.29, 0.717) is 6.04 Å². The molecule has 0 heterocycles. The molecule has 0 aliphatic heterocycles. The summed E-state index contributed by atoms with van der Waals surface area (Å²) in [6.45, 7) is 2.09. The number of nitrogens with one attached hydrogen (secondary N) is 1. The molecule has 1 aliphatic rings. The van der Waals surface area contributed by atoms with Gasteiger partial charge < -0.3 is 5.32 Å². The fourth-order valence-electron chi connectivity index (χ4n) is 2.04. The molecule has 1 aromatic carbocycles. The average molecular weight is 210 g/mol. The summed E-state index contributed by atoms with van der Waals surface area (Å²) in [5.74, 6) is 0. The van der Waals surface area contributed by atoms with Crippen molar-refractivity contribution in [1.82, 2.24) is 0 Å². The quantitative estimate of drug-likeness (QED) is 0.777. The minimum atomic E-state index is 0.634. The molecule has 0 unspecified atom stereocenters. The van der Waals surface area contributed by atoms with E-state index < -0.39 is 0 Å². The molecular formula is C12H16ClN. The van der Waals surface area contributed by atoms with Crippen LogP contribution in [0.1, 0.15) is 31.2 Å². The fraction of sp³-hybridized carbons (Fsp3) is 0.500. The van der Waals surface area contributed by atoms with E-state index in [4.69, 9.17) is 11.6 Å². The lowest BCUT2D eigenvalue weighted by atomic mass is 10.2. The first kappa shape index (κ1) is 9.85. The summed E-state index contributed by atoms with van der Waals surface area (Å²) in [5, 5.41) is 4.35. The van der Waals surface area contributed by atoms with Crippen LogP contribution < -0.4 is 5.32 Å². The molecule has 0 bridgehead atoms. The van der Waals surface area contributed by atoms with Crippen molar-refractivity contribution >= 4 is 17.3 Å². The first-order valence-electron chi connectivity index (χ1n) is 5.28. The van der Waals surface area contributed by atoms with Crippen LogP contribution in [0.4, 0.5) is 5.69 Å². The summed E-state index contributed by atoms with van der Waals surface area (Å²) in [6.07, 6.45) is 5.26. The van der Waals surface area contributed by atoms with Gasteiger partial charge >= 0.3 is 0 Å². The van der Waals surface area contributed by atoms with Crippen molar-refractivity contribution in [2.24, 2.45) is 0 Å². The van der Waals surface area contributed by atoms with Crippen LogP contribution >= 0.6 is 11.6 Å². The van der Waals surface area contributed by atoms with Crippen LogP contribution in [0.5, 0.6) is 0 Å². The van der Waals surface area contributed by atoms with Gasteiger partial charge in [0.05, 0.1) is 10.7 Å². The van der Waals surface area contributed by atoms with E-state index in [1.54, 1.807) is 0 Å². The van der Waals surface area contributed by atoms with E-state index in [0.717, 1.165) is 10.7 Å². The summed E-state index contributed by atoms with van der Waals surface area (Å²) >= 11 is 6.11. The maximum Gasteiger partial charge on any atom is 0.0637 e. The predicted octanol–water partition coefficient (Wildman–Crippen LogP) is 4.00. The first-order valence-corrected chi connectivity index (χ1v) is 5.66. The Labute approximate surface area is 90.5 Å². The molecule has 1 fully saturated rings. The Morgan fingerprint density at radius 3 is 2.71 bits per heavy atom. The molecule has 0 amide bonds. The van der Waals surface area contributed by atoms with Crippen molar-refractivity contribution in [3.63, 3.8) is 0 Å². The molecule has 1 saturated carbocycles. The van der Waals surface area contributed by atoms with Gasteiger partial charge in [-0.3, -0.25) is 0 Å². The molecule has 1 aromatic rings. The van der Waals surface area contributed by atoms with Crippen molar-refractivity contribution in [1.29, 1.82) is 0 Å². The third-order valence-electron chi connectivity index (χ3n) is 2.84. The van der Waals surface area contributed by atoms with Gasteiger partial charge in [-0.15, -0.1) is 0 Å². The second kappa shape index (κ2) is 4.22. The van der Waals surface area contributed by atoms with Crippen LogP contribution in [0.25, 0.3) is 0 Å². The standard InChI is InChI=1S/C12H16ClN/c1-9-6-7-11(13)12(8-9)14-10-4-2-3-5-10/h6-8,10,14H,2-5H2,1H3. The number of hydrogen-bond acceptors (Lipinski definition) is 1. The third-order valence-corrected chi connectivity index (χ3v) is 3.17. The molecular weight excluding hydrogens is 194 g/mol. The number of anilines is 1. The Balaban J connectivity index is 2.10. The van der Waals surface area contributed by atoms with Crippen molar-refractivity contribution < 1.29 is 0 Å². The highest BCUT2D eigenvalue weighted by Gasteiger charge is 2.15. The number of aryl methyl sites for hydroxylation is 1. The van der Waals surface area contributed by atoms with Gasteiger partial charge in [0.15, 0.2) is 0 Å². The molecule has 2 rings (SSSR count). The van der Waals surface area contributed by atoms with Gasteiger partial charge in [-0.25, -0.2) is 0 Å². The molecule has 14 heavy (non-hydrogen) atoms. The molecule has 0 radical (unpaired) electrons. The third kappa shape index (κ3) is 2.21. The minimum absolute atomic E-state index is 0.634. The Bertz CT molecular complexity index is 316. The number of rotatable bonds is 2. The maximum absolute atomic E-state index is 6.11. The number of benzene rings is 1. The number of hydrogen-bond donors (Lipinski definition) is 1. The van der Waals surface area contributed by atoms with Gasteiger partial charge in [-0.05, 0) is 37.5 Å². The lowest BCUT2D eigenvalue weighted by molar-refractivity contribution is 0.755. The van der Waals surface area contributed by atoms with Crippen molar-refractivity contribution in [2.75, 3.05) is 5.32 Å². The number of halogens is 1. The Morgan fingerprint density at radius 1 is 1.29 bits per heavy atom. The molecule has 0 atom stereocenters. The molecule has 76 valence electrons. The first-order chi connectivity index (χ1) is 6.75. The van der Waals surface area contributed by atoms with Crippen LogP contribution in [0.15, 0.2) is 18.2 Å². The van der Waals surface area contributed by atoms with Crippen molar-refractivity contribution in [3.8, 4) is 0 Å². The Hall–Kier alpha value is -0.690. The fourth-order valence-corrected chi connectivity index (χ4v) is 2.21. The van der Waals surface area contributed by atoms with Crippen LogP contribution in [0.3, 0.4) is 0 Å². The topological polar surface area (TPSA) is 12.0 Å². The summed E-state index contributed by atoms with van der Waals surface area (Å²) < 4.78 is 0. The molecule has 1 aliphatic carbocycles. The zero-order chi connectivity index (χ0) is 9.97. The SMILES string of the molecule is Cc1ccc(Cl)c(NC2CCCC2)c1. The van der Waals surface area contributed by atoms with Gasteiger partial charge in [0, 0.05) is 6.04 Å². The maximum atomic E-state index is 6.11. The summed E-state index contributed by atoms with van der Waals surface area (Å²) in [4.78, 5) is 0. The smallest absolute Gasteiger partial charge is 0.0637 e. The lowest BCUT2D eigenvalue weighted by Gasteiger charge is -2.15. The Kier molecular flexibility index (Phi) is 2.97. The molecule has 2 heteroatoms. The van der Waals surface area contributed by atoms with E-state index in [1.165, 1.54) is 31.2 Å². The van der Waals surface area contributed by atoms with Gasteiger partial charge in [0.1, 0.15) is 0 Å². The van der Waals surface area contributed by atoms with E-state index in [9.17, 15) is 0 Å². The summed E-state index contributed by atoms with van der Waals surface area (Å²) in [6, 6.07) is 6.77. The van der Waals surface area contributed by atoms with E-state index in [-0.39, 0.29) is 0 Å². The molecule has 0 saturated heterocycles. The van der Waals surface area contributed by atoms with E-state index in [2.05, 4.69) is 18.3 Å². The van der Waals surface area contributed by atoms with Crippen LogP contribution in [0, 0.1) is 6.92 Å². The zero-order valence-corrected chi connectivity index (χ0v) is 9.27. The monoisotopic (exact) mass is 209 g/mol. The Morgan fingerprint density at radius 2 is 2.00 bits per heavy atom. The van der Waals surface area contributed by atoms with Crippen LogP contribution in [-0.4, -0.2) is 6.04 Å². The van der Waals surface area contributed by atoms with Gasteiger partial charge in [0.25, 0.3) is 0 Å². The highest BCUT2D eigenvalue weighted by molar-refractivity contribution is 6.33. The van der Waals surface area contributed by atoms with Gasteiger partial charge in [-0.1, -0.05) is 30.5 Å². The highest BCUT2D eigenvalue weighted by atomic mass is 35.5. The highest BCUT2D eigenvalue weighted by Crippen LogP contribution is 2.27. The van der Waals surface area contributed by atoms with Crippen LogP contribution in [-0.2, 0) is 0 Å². The normalized spacial score (nSPS) is 17.3. The van der Waals surface area contributed by atoms with E-state index >= 15 is 0 Å². The molecule has 1 nitrogen and oxygen atoms in total. The van der Waals surface area contributed by atoms with Gasteiger partial charge in [0.2, 0.25) is 0 Å². The largest absolute Gasteiger partial charge is 0.381 e. The van der Waals surface area contributed by atoms with Gasteiger partial charge in [-0.2, -0.15) is 0 Å². The lowest BCUT2D eigenvalue weighted by Crippen LogP contribution is -2.14. The predicted molar refractivity (Wildman–Crippen MR) is 62.1 cm³/mol. The second-order valence-electron chi connectivity index (χ2n) is 4.11. The van der Waals surface area contributed by atoms with Crippen molar-refractivity contribution in [3.05, 3.63) is 28.8 Å². The molecule has 0 aromatic heterocycles. The molecule has 0 spiro atoms. The van der Waals surface area contributed by atoms with Crippen molar-refractivity contribution in [2.45, 2.75) is 38.6 Å². The summed E-state index contributed by atoms with van der Waals surface area (Å²) in [5.41, 5.74) is 2.36. The average Bonchev–Trinajstić information content (AvgIpc) is 2.64.